The summed E-state index contributed by atoms with van der Waals surface area (Å²) in [6.45, 7) is 8.08. The van der Waals surface area contributed by atoms with Gasteiger partial charge in [-0.3, -0.25) is 0 Å². The van der Waals surface area contributed by atoms with Crippen LogP contribution in [0.3, 0.4) is 0 Å². The summed E-state index contributed by atoms with van der Waals surface area (Å²) in [7, 11) is 0. The van der Waals surface area contributed by atoms with Crippen LogP contribution in [0.15, 0.2) is 35.9 Å². The molecular weight excluding hydrogens is 346 g/mol. The van der Waals surface area contributed by atoms with Crippen molar-refractivity contribution in [3.05, 3.63) is 59.2 Å². The summed E-state index contributed by atoms with van der Waals surface area (Å²) in [6, 6.07) is 6.37. The van der Waals surface area contributed by atoms with E-state index in [0.717, 1.165) is 12.8 Å². The van der Waals surface area contributed by atoms with Gasteiger partial charge in [-0.25, -0.2) is 8.78 Å². The van der Waals surface area contributed by atoms with Gasteiger partial charge in [0.2, 0.25) is 0 Å². The molecule has 0 amide bonds. The van der Waals surface area contributed by atoms with E-state index < -0.39 is 11.6 Å². The fourth-order valence-electron chi connectivity index (χ4n) is 3.19. The van der Waals surface area contributed by atoms with Gasteiger partial charge in [-0.1, -0.05) is 31.7 Å². The standard InChI is InChI=1S/C21H26F2N4/c1-4-14(9-10-24)27-19-11-16(20-13(3)7-6-8-18(20)22)21(23)17(12-26-25)15(19)5-2/h5-8,11-12,14,27H,2,4,9-10,24-25H2,1,3H3/b26-12-. The van der Waals surface area contributed by atoms with Crippen molar-refractivity contribution in [3.8, 4) is 11.1 Å². The molecule has 27 heavy (non-hydrogen) atoms. The molecule has 0 fully saturated rings. The van der Waals surface area contributed by atoms with Crippen LogP contribution in [-0.4, -0.2) is 18.8 Å². The molecule has 0 bridgehead atoms. The summed E-state index contributed by atoms with van der Waals surface area (Å²) < 4.78 is 29.8. The molecule has 2 aromatic carbocycles. The maximum atomic E-state index is 15.3. The molecule has 1 atom stereocenters. The molecule has 4 nitrogen and oxygen atoms in total. The fourth-order valence-corrected chi connectivity index (χ4v) is 3.19. The van der Waals surface area contributed by atoms with E-state index >= 15 is 4.39 Å². The molecule has 0 aliphatic rings. The lowest BCUT2D eigenvalue weighted by atomic mass is 9.93. The van der Waals surface area contributed by atoms with Gasteiger partial charge in [0.05, 0.1) is 6.21 Å². The second-order valence-electron chi connectivity index (χ2n) is 6.35. The van der Waals surface area contributed by atoms with Crippen molar-refractivity contribution in [2.75, 3.05) is 11.9 Å². The minimum absolute atomic E-state index is 0.0939. The second-order valence-corrected chi connectivity index (χ2v) is 6.35. The number of rotatable bonds is 8. The molecule has 0 radical (unpaired) electrons. The second kappa shape index (κ2) is 9.28. The molecule has 6 heteroatoms. The van der Waals surface area contributed by atoms with Gasteiger partial charge in [0.1, 0.15) is 11.6 Å². The molecule has 0 saturated carbocycles. The lowest BCUT2D eigenvalue weighted by molar-refractivity contribution is 0.613. The Morgan fingerprint density at radius 3 is 2.59 bits per heavy atom. The van der Waals surface area contributed by atoms with E-state index in [-0.39, 0.29) is 22.7 Å². The summed E-state index contributed by atoms with van der Waals surface area (Å²) in [4.78, 5) is 0. The molecule has 2 aromatic rings. The van der Waals surface area contributed by atoms with E-state index in [4.69, 9.17) is 11.6 Å². The van der Waals surface area contributed by atoms with Gasteiger partial charge in [0, 0.05) is 34.0 Å². The van der Waals surface area contributed by atoms with Crippen molar-refractivity contribution in [1.29, 1.82) is 0 Å². The Balaban J connectivity index is 2.76. The van der Waals surface area contributed by atoms with Gasteiger partial charge >= 0.3 is 0 Å². The Labute approximate surface area is 159 Å². The largest absolute Gasteiger partial charge is 0.382 e. The van der Waals surface area contributed by atoms with Gasteiger partial charge in [-0.15, -0.1) is 0 Å². The average molecular weight is 372 g/mol. The smallest absolute Gasteiger partial charge is 0.140 e. The van der Waals surface area contributed by atoms with Crippen LogP contribution in [0.2, 0.25) is 0 Å². The van der Waals surface area contributed by atoms with Crippen molar-refractivity contribution in [1.82, 2.24) is 0 Å². The number of nitrogens with one attached hydrogen (secondary N) is 1. The molecule has 5 N–H and O–H groups in total. The zero-order valence-corrected chi connectivity index (χ0v) is 15.7. The van der Waals surface area contributed by atoms with E-state index in [0.29, 0.717) is 23.4 Å². The number of hydrogen-bond acceptors (Lipinski definition) is 4. The number of hydrogen-bond donors (Lipinski definition) is 3. The molecule has 0 spiro atoms. The zero-order valence-electron chi connectivity index (χ0n) is 15.7. The highest BCUT2D eigenvalue weighted by Gasteiger charge is 2.21. The van der Waals surface area contributed by atoms with Crippen molar-refractivity contribution in [3.63, 3.8) is 0 Å². The number of nitrogens with two attached hydrogens (primary N) is 2. The van der Waals surface area contributed by atoms with Crippen LogP contribution < -0.4 is 16.9 Å². The molecule has 144 valence electrons. The molecule has 0 heterocycles. The van der Waals surface area contributed by atoms with Crippen LogP contribution in [-0.2, 0) is 0 Å². The van der Waals surface area contributed by atoms with Crippen LogP contribution in [0.5, 0.6) is 0 Å². The number of hydrazone groups is 1. The summed E-state index contributed by atoms with van der Waals surface area (Å²) >= 11 is 0. The van der Waals surface area contributed by atoms with Crippen LogP contribution in [0.25, 0.3) is 17.2 Å². The highest BCUT2D eigenvalue weighted by atomic mass is 19.1. The van der Waals surface area contributed by atoms with E-state index in [1.807, 2.05) is 6.92 Å². The Bertz CT molecular complexity index is 826. The molecule has 0 aromatic heterocycles. The van der Waals surface area contributed by atoms with Crippen molar-refractivity contribution >= 4 is 18.0 Å². The third-order valence-electron chi connectivity index (χ3n) is 4.61. The van der Waals surface area contributed by atoms with Crippen molar-refractivity contribution in [2.24, 2.45) is 16.7 Å². The van der Waals surface area contributed by atoms with Crippen molar-refractivity contribution < 1.29 is 8.78 Å². The molecule has 0 saturated heterocycles. The van der Waals surface area contributed by atoms with Gasteiger partial charge in [0.25, 0.3) is 0 Å². The van der Waals surface area contributed by atoms with Gasteiger partial charge in [0.15, 0.2) is 0 Å². The first kappa shape index (κ1) is 20.6. The topological polar surface area (TPSA) is 76.4 Å². The van der Waals surface area contributed by atoms with E-state index in [2.05, 4.69) is 17.0 Å². The number of halogens is 2. The molecule has 0 aliphatic carbocycles. The van der Waals surface area contributed by atoms with Crippen LogP contribution in [0, 0.1) is 18.6 Å². The summed E-state index contributed by atoms with van der Waals surface area (Å²) in [6.07, 6.45) is 4.34. The number of aryl methyl sites for hydroxylation is 1. The molecule has 0 aliphatic heterocycles. The SMILES string of the molecule is C=Cc1c(NC(CC)CCN)cc(-c2c(C)cccc2F)c(F)c1/C=N\N. The average Bonchev–Trinajstić information content (AvgIpc) is 2.64. The minimum Gasteiger partial charge on any atom is -0.382 e. The summed E-state index contributed by atoms with van der Waals surface area (Å²) in [5, 5.41) is 6.86. The van der Waals surface area contributed by atoms with Gasteiger partial charge in [-0.2, -0.15) is 5.10 Å². The predicted molar refractivity (Wildman–Crippen MR) is 110 cm³/mol. The van der Waals surface area contributed by atoms with Crippen molar-refractivity contribution in [2.45, 2.75) is 32.7 Å². The lowest BCUT2D eigenvalue weighted by Crippen LogP contribution is -2.23. The van der Waals surface area contributed by atoms with E-state index in [1.54, 1.807) is 25.1 Å². The first-order chi connectivity index (χ1) is 13.0. The third-order valence-corrected chi connectivity index (χ3v) is 4.61. The predicted octanol–water partition coefficient (Wildman–Crippen LogP) is 4.42. The van der Waals surface area contributed by atoms with Gasteiger partial charge < -0.3 is 16.9 Å². The highest BCUT2D eigenvalue weighted by molar-refractivity contribution is 5.93. The lowest BCUT2D eigenvalue weighted by Gasteiger charge is -2.22. The maximum absolute atomic E-state index is 15.3. The zero-order chi connectivity index (χ0) is 20.0. The summed E-state index contributed by atoms with van der Waals surface area (Å²) in [5.41, 5.74) is 8.01. The minimum atomic E-state index is -0.593. The molecule has 1 unspecified atom stereocenters. The number of benzene rings is 2. The quantitative estimate of drug-likeness (QED) is 0.365. The molecular formula is C21H26F2N4. The maximum Gasteiger partial charge on any atom is 0.140 e. The third kappa shape index (κ3) is 4.34. The fraction of sp³-hybridized carbons (Fsp3) is 0.286. The Kier molecular flexibility index (Phi) is 7.07. The summed E-state index contributed by atoms with van der Waals surface area (Å²) in [5.74, 6) is 4.20. The first-order valence-corrected chi connectivity index (χ1v) is 8.92. The normalized spacial score (nSPS) is 12.3. The van der Waals surface area contributed by atoms with E-state index in [9.17, 15) is 4.39 Å². The first-order valence-electron chi connectivity index (χ1n) is 8.92. The monoisotopic (exact) mass is 372 g/mol. The van der Waals surface area contributed by atoms with Crippen LogP contribution in [0.1, 0.15) is 36.5 Å². The van der Waals surface area contributed by atoms with Crippen LogP contribution in [0.4, 0.5) is 14.5 Å². The Morgan fingerprint density at radius 2 is 2.04 bits per heavy atom. The Morgan fingerprint density at radius 1 is 1.30 bits per heavy atom. The van der Waals surface area contributed by atoms with Crippen LogP contribution >= 0.6 is 0 Å². The van der Waals surface area contributed by atoms with Gasteiger partial charge in [-0.05, 0) is 44.0 Å². The molecule has 2 rings (SSSR count). The number of nitrogens with zero attached hydrogens (tertiary/aromatic N) is 1. The number of anilines is 1. The Hall–Kier alpha value is -2.73. The highest BCUT2D eigenvalue weighted by Crippen LogP contribution is 2.36. The van der Waals surface area contributed by atoms with E-state index in [1.165, 1.54) is 18.4 Å².